The maximum atomic E-state index is 12.2. The minimum atomic E-state index is -2.92. The van der Waals surface area contributed by atoms with E-state index < -0.39 is 12.5 Å². The van der Waals surface area contributed by atoms with Crippen LogP contribution >= 0.6 is 0 Å². The predicted molar refractivity (Wildman–Crippen MR) is 102 cm³/mol. The number of para-hydroxylation sites is 1. The van der Waals surface area contributed by atoms with Crippen LogP contribution in [0.3, 0.4) is 0 Å². The highest BCUT2D eigenvalue weighted by atomic mass is 19.3. The van der Waals surface area contributed by atoms with Crippen molar-refractivity contribution in [1.29, 1.82) is 0 Å². The molecular weight excluding hydrogens is 366 g/mol. The normalized spacial score (nSPS) is 10.4. The fourth-order valence-corrected chi connectivity index (χ4v) is 2.42. The molecule has 0 aromatic heterocycles. The lowest BCUT2D eigenvalue weighted by Crippen LogP contribution is -2.13. The van der Waals surface area contributed by atoms with Crippen LogP contribution in [0.4, 0.5) is 20.2 Å². The van der Waals surface area contributed by atoms with Gasteiger partial charge in [-0.05, 0) is 60.7 Å². The highest BCUT2D eigenvalue weighted by Gasteiger charge is 2.10. The number of amides is 2. The topological polar surface area (TPSA) is 67.4 Å². The molecule has 0 bridgehead atoms. The highest BCUT2D eigenvalue weighted by molar-refractivity contribution is 6.06. The SMILES string of the molecule is O=C(Nc1ccccc1)c1ccc(NC(=O)c2ccc(OC(F)F)cc2)cc1. The van der Waals surface area contributed by atoms with Gasteiger partial charge in [0.05, 0.1) is 0 Å². The molecule has 28 heavy (non-hydrogen) atoms. The largest absolute Gasteiger partial charge is 0.435 e. The predicted octanol–water partition coefficient (Wildman–Crippen LogP) is 4.79. The second kappa shape index (κ2) is 8.77. The summed E-state index contributed by atoms with van der Waals surface area (Å²) in [7, 11) is 0. The molecule has 0 aliphatic rings. The summed E-state index contributed by atoms with van der Waals surface area (Å²) in [6, 6.07) is 20.8. The maximum absolute atomic E-state index is 12.2. The number of hydrogen-bond acceptors (Lipinski definition) is 3. The van der Waals surface area contributed by atoms with Gasteiger partial charge in [0, 0.05) is 22.5 Å². The van der Waals surface area contributed by atoms with Gasteiger partial charge in [0.25, 0.3) is 11.8 Å². The van der Waals surface area contributed by atoms with E-state index in [1.807, 2.05) is 18.2 Å². The Morgan fingerprint density at radius 2 is 1.14 bits per heavy atom. The smallest absolute Gasteiger partial charge is 0.387 e. The molecule has 0 fully saturated rings. The van der Waals surface area contributed by atoms with Crippen molar-refractivity contribution >= 4 is 23.2 Å². The van der Waals surface area contributed by atoms with Crippen LogP contribution in [0.15, 0.2) is 78.9 Å². The third-order valence-electron chi connectivity index (χ3n) is 3.78. The van der Waals surface area contributed by atoms with Gasteiger partial charge in [0.1, 0.15) is 5.75 Å². The van der Waals surface area contributed by atoms with E-state index in [2.05, 4.69) is 15.4 Å². The van der Waals surface area contributed by atoms with Crippen LogP contribution in [-0.2, 0) is 0 Å². The van der Waals surface area contributed by atoms with Gasteiger partial charge in [0.2, 0.25) is 0 Å². The van der Waals surface area contributed by atoms with E-state index in [4.69, 9.17) is 0 Å². The number of halogens is 2. The Hall–Kier alpha value is -3.74. The van der Waals surface area contributed by atoms with Crippen molar-refractivity contribution in [3.63, 3.8) is 0 Å². The number of carbonyl (C=O) groups is 2. The third kappa shape index (κ3) is 5.14. The summed E-state index contributed by atoms with van der Waals surface area (Å²) in [4.78, 5) is 24.4. The highest BCUT2D eigenvalue weighted by Crippen LogP contribution is 2.17. The van der Waals surface area contributed by atoms with Crippen molar-refractivity contribution < 1.29 is 23.1 Å². The zero-order chi connectivity index (χ0) is 19.9. The minimum absolute atomic E-state index is 0.0275. The molecule has 2 amide bonds. The minimum Gasteiger partial charge on any atom is -0.435 e. The molecule has 2 N–H and O–H groups in total. The van der Waals surface area contributed by atoms with E-state index in [-0.39, 0.29) is 17.2 Å². The van der Waals surface area contributed by atoms with Crippen LogP contribution < -0.4 is 15.4 Å². The average Bonchev–Trinajstić information content (AvgIpc) is 2.69. The van der Waals surface area contributed by atoms with Crippen LogP contribution in [-0.4, -0.2) is 18.4 Å². The van der Waals surface area contributed by atoms with Crippen molar-refractivity contribution in [3.05, 3.63) is 90.0 Å². The number of carbonyl (C=O) groups excluding carboxylic acids is 2. The molecule has 0 heterocycles. The molecule has 0 aliphatic heterocycles. The van der Waals surface area contributed by atoms with E-state index in [1.165, 1.54) is 24.3 Å². The van der Waals surface area contributed by atoms with Crippen molar-refractivity contribution in [2.45, 2.75) is 6.61 Å². The molecule has 5 nitrogen and oxygen atoms in total. The Kier molecular flexibility index (Phi) is 5.96. The number of anilines is 2. The van der Waals surface area contributed by atoms with Crippen molar-refractivity contribution in [3.8, 4) is 5.75 Å². The molecular formula is C21H16F2N2O3. The fraction of sp³-hybridized carbons (Fsp3) is 0.0476. The quantitative estimate of drug-likeness (QED) is 0.644. The molecule has 0 spiro atoms. The first kappa shape index (κ1) is 19.0. The van der Waals surface area contributed by atoms with Gasteiger partial charge in [-0.2, -0.15) is 8.78 Å². The lowest BCUT2D eigenvalue weighted by Gasteiger charge is -2.08. The first-order valence-electron chi connectivity index (χ1n) is 8.34. The standard InChI is InChI=1S/C21H16F2N2O3/c22-21(23)28-18-12-8-15(9-13-18)20(27)25-17-10-6-14(7-11-17)19(26)24-16-4-2-1-3-5-16/h1-13,21H,(H,24,26)(H,25,27). The zero-order valence-corrected chi connectivity index (χ0v) is 14.6. The van der Waals surface area contributed by atoms with E-state index >= 15 is 0 Å². The Balaban J connectivity index is 1.60. The Morgan fingerprint density at radius 3 is 1.64 bits per heavy atom. The summed E-state index contributed by atoms with van der Waals surface area (Å²) < 4.78 is 28.5. The lowest BCUT2D eigenvalue weighted by atomic mass is 10.1. The average molecular weight is 382 g/mol. The van der Waals surface area contributed by atoms with Gasteiger partial charge in [-0.25, -0.2) is 0 Å². The molecule has 0 saturated heterocycles. The number of hydrogen-bond donors (Lipinski definition) is 2. The second-order valence-corrected chi connectivity index (χ2v) is 5.75. The van der Waals surface area contributed by atoms with Gasteiger partial charge in [0.15, 0.2) is 0 Å². The van der Waals surface area contributed by atoms with Crippen LogP contribution in [0.25, 0.3) is 0 Å². The molecule has 0 aliphatic carbocycles. The van der Waals surface area contributed by atoms with Crippen LogP contribution in [0.5, 0.6) is 5.75 Å². The van der Waals surface area contributed by atoms with Crippen LogP contribution in [0.2, 0.25) is 0 Å². The van der Waals surface area contributed by atoms with Crippen LogP contribution in [0, 0.1) is 0 Å². The van der Waals surface area contributed by atoms with Crippen molar-refractivity contribution in [1.82, 2.24) is 0 Å². The van der Waals surface area contributed by atoms with Crippen molar-refractivity contribution in [2.75, 3.05) is 10.6 Å². The number of rotatable bonds is 6. The van der Waals surface area contributed by atoms with Gasteiger partial charge in [-0.3, -0.25) is 9.59 Å². The first-order valence-corrected chi connectivity index (χ1v) is 8.34. The Labute approximate surface area is 160 Å². The molecule has 3 aromatic rings. The first-order chi connectivity index (χ1) is 13.5. The van der Waals surface area contributed by atoms with Crippen molar-refractivity contribution in [2.24, 2.45) is 0 Å². The monoisotopic (exact) mass is 382 g/mol. The molecule has 3 aromatic carbocycles. The summed E-state index contributed by atoms with van der Waals surface area (Å²) in [5.41, 5.74) is 1.90. The number of benzene rings is 3. The van der Waals surface area contributed by atoms with E-state index in [0.717, 1.165) is 0 Å². The second-order valence-electron chi connectivity index (χ2n) is 5.75. The van der Waals surface area contributed by atoms with Gasteiger partial charge in [-0.1, -0.05) is 18.2 Å². The summed E-state index contributed by atoms with van der Waals surface area (Å²) in [5, 5.41) is 5.45. The molecule has 7 heteroatoms. The Morgan fingerprint density at radius 1 is 0.679 bits per heavy atom. The number of ether oxygens (including phenoxy) is 1. The van der Waals surface area contributed by atoms with Gasteiger partial charge >= 0.3 is 6.61 Å². The Bertz CT molecular complexity index is 944. The van der Waals surface area contributed by atoms with E-state index in [0.29, 0.717) is 16.9 Å². The molecule has 0 saturated carbocycles. The lowest BCUT2D eigenvalue weighted by molar-refractivity contribution is -0.0498. The third-order valence-corrected chi connectivity index (χ3v) is 3.78. The molecule has 0 unspecified atom stereocenters. The summed E-state index contributed by atoms with van der Waals surface area (Å²) in [6.45, 7) is -2.92. The molecule has 142 valence electrons. The van der Waals surface area contributed by atoms with Gasteiger partial charge < -0.3 is 15.4 Å². The summed E-state index contributed by atoms with van der Waals surface area (Å²) in [5.74, 6) is -0.705. The summed E-state index contributed by atoms with van der Waals surface area (Å²) in [6.07, 6.45) is 0. The fourth-order valence-electron chi connectivity index (χ4n) is 2.42. The molecule has 0 radical (unpaired) electrons. The summed E-state index contributed by atoms with van der Waals surface area (Å²) >= 11 is 0. The molecule has 0 atom stereocenters. The number of alkyl halides is 2. The molecule has 3 rings (SSSR count). The van der Waals surface area contributed by atoms with E-state index in [1.54, 1.807) is 36.4 Å². The van der Waals surface area contributed by atoms with Crippen LogP contribution in [0.1, 0.15) is 20.7 Å². The zero-order valence-electron chi connectivity index (χ0n) is 14.6. The van der Waals surface area contributed by atoms with E-state index in [9.17, 15) is 18.4 Å². The maximum Gasteiger partial charge on any atom is 0.387 e. The van der Waals surface area contributed by atoms with Gasteiger partial charge in [-0.15, -0.1) is 0 Å². The number of nitrogens with one attached hydrogen (secondary N) is 2.